The van der Waals surface area contributed by atoms with Crippen LogP contribution in [0.15, 0.2) is 24.4 Å². The summed E-state index contributed by atoms with van der Waals surface area (Å²) in [5.74, 6) is -0.0784. The number of piperazine rings is 1. The van der Waals surface area contributed by atoms with E-state index < -0.39 is 0 Å². The summed E-state index contributed by atoms with van der Waals surface area (Å²) in [5, 5.41) is 10.3. The predicted octanol–water partition coefficient (Wildman–Crippen LogP) is 1.66. The number of imidazole rings is 1. The fourth-order valence-corrected chi connectivity index (χ4v) is 4.17. The Morgan fingerprint density at radius 1 is 1.21 bits per heavy atom. The molecule has 0 unspecified atom stereocenters. The molecule has 24 heavy (non-hydrogen) atoms. The van der Waals surface area contributed by atoms with Gasteiger partial charge in [0.25, 0.3) is 5.91 Å². The van der Waals surface area contributed by atoms with E-state index in [0.29, 0.717) is 24.4 Å². The molecule has 0 aromatic carbocycles. The highest BCUT2D eigenvalue weighted by Gasteiger charge is 2.34. The first kappa shape index (κ1) is 15.9. The van der Waals surface area contributed by atoms with Crippen LogP contribution >= 0.6 is 11.6 Å². The number of hydrogen-bond acceptors (Lipinski definition) is 4. The molecule has 2 atom stereocenters. The molecule has 4 rings (SSSR count). The number of hydrogen-bond donors (Lipinski definition) is 1. The molecule has 2 aromatic heterocycles. The number of aliphatic hydroxyl groups is 1. The number of carbonyl (C=O) groups excluding carboxylic acids is 1. The van der Waals surface area contributed by atoms with Crippen LogP contribution in [0.2, 0.25) is 5.15 Å². The number of carbonyl (C=O) groups is 1. The molecule has 1 aliphatic heterocycles. The van der Waals surface area contributed by atoms with Crippen molar-refractivity contribution in [2.75, 3.05) is 26.2 Å². The lowest BCUT2D eigenvalue weighted by molar-refractivity contribution is 0.0312. The summed E-state index contributed by atoms with van der Waals surface area (Å²) in [6, 6.07) is 5.82. The summed E-state index contributed by atoms with van der Waals surface area (Å²) < 4.78 is 1.75. The molecule has 1 aliphatic carbocycles. The van der Waals surface area contributed by atoms with E-state index in [9.17, 15) is 9.90 Å². The van der Waals surface area contributed by atoms with Crippen LogP contribution in [0.3, 0.4) is 0 Å². The minimum Gasteiger partial charge on any atom is -0.391 e. The lowest BCUT2D eigenvalue weighted by Crippen LogP contribution is -2.53. The average molecular weight is 349 g/mol. The Bertz CT molecular complexity index is 754. The van der Waals surface area contributed by atoms with Gasteiger partial charge in [-0.3, -0.25) is 14.1 Å². The van der Waals surface area contributed by atoms with Crippen molar-refractivity contribution in [2.24, 2.45) is 0 Å². The SMILES string of the molecule is O=C(c1c(Cl)nc2ccccn12)N1CCN([C@H]2CCC[C@H]2O)CC1. The van der Waals surface area contributed by atoms with Crippen molar-refractivity contribution in [2.45, 2.75) is 31.4 Å². The molecule has 2 aliphatic rings. The number of pyridine rings is 1. The number of nitrogens with zero attached hydrogens (tertiary/aromatic N) is 4. The topological polar surface area (TPSA) is 61.1 Å². The summed E-state index contributed by atoms with van der Waals surface area (Å²) in [6.07, 6.45) is 4.62. The number of fused-ring (bicyclic) bond motifs is 1. The van der Waals surface area contributed by atoms with Crippen molar-refractivity contribution >= 4 is 23.2 Å². The Kier molecular flexibility index (Phi) is 4.20. The second-order valence-corrected chi connectivity index (χ2v) is 6.93. The first-order valence-electron chi connectivity index (χ1n) is 8.49. The molecule has 0 bridgehead atoms. The van der Waals surface area contributed by atoms with Gasteiger partial charge in [-0.15, -0.1) is 0 Å². The quantitative estimate of drug-likeness (QED) is 0.896. The molecule has 2 aromatic rings. The van der Waals surface area contributed by atoms with Gasteiger partial charge >= 0.3 is 0 Å². The molecule has 0 radical (unpaired) electrons. The van der Waals surface area contributed by atoms with Crippen LogP contribution in [0.5, 0.6) is 0 Å². The minimum absolute atomic E-state index is 0.0784. The van der Waals surface area contributed by atoms with Crippen molar-refractivity contribution in [1.29, 1.82) is 0 Å². The van der Waals surface area contributed by atoms with Gasteiger partial charge in [0.05, 0.1) is 6.10 Å². The van der Waals surface area contributed by atoms with Gasteiger partial charge in [-0.2, -0.15) is 0 Å². The zero-order chi connectivity index (χ0) is 16.7. The van der Waals surface area contributed by atoms with E-state index >= 15 is 0 Å². The molecular weight excluding hydrogens is 328 g/mol. The van der Waals surface area contributed by atoms with Crippen LogP contribution in [0.4, 0.5) is 0 Å². The Morgan fingerprint density at radius 3 is 2.71 bits per heavy atom. The Morgan fingerprint density at radius 2 is 2.00 bits per heavy atom. The Balaban J connectivity index is 1.49. The fraction of sp³-hybridized carbons (Fsp3) is 0.529. The van der Waals surface area contributed by atoms with Crippen molar-refractivity contribution in [3.8, 4) is 0 Å². The predicted molar refractivity (Wildman–Crippen MR) is 91.3 cm³/mol. The molecular formula is C17H21ClN4O2. The maximum Gasteiger partial charge on any atom is 0.274 e. The third kappa shape index (κ3) is 2.68. The summed E-state index contributed by atoms with van der Waals surface area (Å²) in [4.78, 5) is 21.3. The van der Waals surface area contributed by atoms with Gasteiger partial charge < -0.3 is 10.0 Å². The summed E-state index contributed by atoms with van der Waals surface area (Å²) >= 11 is 6.21. The third-order valence-corrected chi connectivity index (χ3v) is 5.47. The van der Waals surface area contributed by atoms with E-state index in [1.807, 2.05) is 29.3 Å². The molecule has 1 N–H and O–H groups in total. The van der Waals surface area contributed by atoms with E-state index in [4.69, 9.17) is 11.6 Å². The van der Waals surface area contributed by atoms with Crippen molar-refractivity contribution in [1.82, 2.24) is 19.2 Å². The van der Waals surface area contributed by atoms with Crippen molar-refractivity contribution in [3.63, 3.8) is 0 Å². The van der Waals surface area contributed by atoms with Gasteiger partial charge in [-0.05, 0) is 31.4 Å². The lowest BCUT2D eigenvalue weighted by atomic mass is 10.1. The number of aliphatic hydroxyl groups excluding tert-OH is 1. The molecule has 1 saturated carbocycles. The highest BCUT2D eigenvalue weighted by molar-refractivity contribution is 6.32. The highest BCUT2D eigenvalue weighted by atomic mass is 35.5. The Hall–Kier alpha value is -1.63. The van der Waals surface area contributed by atoms with E-state index in [2.05, 4.69) is 9.88 Å². The third-order valence-electron chi connectivity index (χ3n) is 5.20. The fourth-order valence-electron chi connectivity index (χ4n) is 3.91. The summed E-state index contributed by atoms with van der Waals surface area (Å²) in [7, 11) is 0. The van der Waals surface area contributed by atoms with Crippen molar-refractivity contribution < 1.29 is 9.90 Å². The Labute approximate surface area is 145 Å². The lowest BCUT2D eigenvalue weighted by Gasteiger charge is -2.39. The van der Waals surface area contributed by atoms with Crippen LogP contribution in [-0.4, -0.2) is 68.5 Å². The smallest absolute Gasteiger partial charge is 0.274 e. The normalized spacial score (nSPS) is 25.5. The van der Waals surface area contributed by atoms with Gasteiger partial charge in [0.1, 0.15) is 5.65 Å². The monoisotopic (exact) mass is 348 g/mol. The molecule has 7 heteroatoms. The van der Waals surface area contributed by atoms with Crippen LogP contribution in [0.1, 0.15) is 29.8 Å². The maximum absolute atomic E-state index is 12.9. The average Bonchev–Trinajstić information content (AvgIpc) is 3.16. The van der Waals surface area contributed by atoms with E-state index in [-0.39, 0.29) is 23.2 Å². The van der Waals surface area contributed by atoms with Gasteiger partial charge in [0.2, 0.25) is 0 Å². The van der Waals surface area contributed by atoms with Crippen LogP contribution in [-0.2, 0) is 0 Å². The zero-order valence-corrected chi connectivity index (χ0v) is 14.2. The van der Waals surface area contributed by atoms with Gasteiger partial charge in [0.15, 0.2) is 10.8 Å². The molecule has 1 amide bonds. The number of halogens is 1. The zero-order valence-electron chi connectivity index (χ0n) is 13.4. The number of rotatable bonds is 2. The molecule has 2 fully saturated rings. The number of amides is 1. The van der Waals surface area contributed by atoms with Crippen LogP contribution in [0, 0.1) is 0 Å². The molecule has 1 saturated heterocycles. The van der Waals surface area contributed by atoms with Gasteiger partial charge in [0, 0.05) is 38.4 Å². The van der Waals surface area contributed by atoms with E-state index in [0.717, 1.165) is 32.4 Å². The van der Waals surface area contributed by atoms with Crippen LogP contribution < -0.4 is 0 Å². The van der Waals surface area contributed by atoms with E-state index in [1.54, 1.807) is 4.40 Å². The van der Waals surface area contributed by atoms with Gasteiger partial charge in [-0.25, -0.2) is 4.98 Å². The first-order chi connectivity index (χ1) is 11.6. The van der Waals surface area contributed by atoms with E-state index in [1.165, 1.54) is 0 Å². The number of aromatic nitrogens is 2. The van der Waals surface area contributed by atoms with Crippen LogP contribution in [0.25, 0.3) is 5.65 Å². The second kappa shape index (κ2) is 6.35. The highest BCUT2D eigenvalue weighted by Crippen LogP contribution is 2.26. The molecule has 0 spiro atoms. The minimum atomic E-state index is -0.222. The summed E-state index contributed by atoms with van der Waals surface area (Å²) in [5.41, 5.74) is 1.11. The second-order valence-electron chi connectivity index (χ2n) is 6.57. The molecule has 3 heterocycles. The van der Waals surface area contributed by atoms with Gasteiger partial charge in [-0.1, -0.05) is 17.7 Å². The standard InChI is InChI=1S/C17H21ClN4O2/c18-16-15(22-7-2-1-6-14(22)19-16)17(24)21-10-8-20(9-11-21)12-4-3-5-13(12)23/h1-2,6-7,12-13,23H,3-5,8-11H2/t12-,13+/m0/s1. The van der Waals surface area contributed by atoms with Crippen molar-refractivity contribution in [3.05, 3.63) is 35.2 Å². The first-order valence-corrected chi connectivity index (χ1v) is 8.87. The molecule has 6 nitrogen and oxygen atoms in total. The largest absolute Gasteiger partial charge is 0.391 e. The summed E-state index contributed by atoms with van der Waals surface area (Å²) in [6.45, 7) is 2.89. The molecule has 128 valence electrons. The maximum atomic E-state index is 12.9.